The van der Waals surface area contributed by atoms with E-state index in [1.165, 1.54) is 36.0 Å². The largest absolute Gasteiger partial charge is 0.493 e. The van der Waals surface area contributed by atoms with E-state index in [2.05, 4.69) is 12.0 Å². The van der Waals surface area contributed by atoms with Crippen molar-refractivity contribution in [3.05, 3.63) is 40.8 Å². The second-order valence-electron chi connectivity index (χ2n) is 10.3. The number of hydrogen-bond acceptors (Lipinski definition) is 6. The fourth-order valence-corrected chi connectivity index (χ4v) is 8.07. The Hall–Kier alpha value is -2.32. The number of thiocarbonyl (C=S) groups is 1. The van der Waals surface area contributed by atoms with Crippen molar-refractivity contribution in [2.75, 3.05) is 13.7 Å². The summed E-state index contributed by atoms with van der Waals surface area (Å²) in [5.41, 5.74) is 4.30. The summed E-state index contributed by atoms with van der Waals surface area (Å²) in [6.45, 7) is 6.24. The Bertz CT molecular complexity index is 1080. The molecule has 0 atom stereocenters. The van der Waals surface area contributed by atoms with Crippen molar-refractivity contribution in [1.82, 2.24) is 10.4 Å². The Kier molecular flexibility index (Phi) is 6.70. The summed E-state index contributed by atoms with van der Waals surface area (Å²) in [6, 6.07) is 3.82. The van der Waals surface area contributed by atoms with Crippen LogP contribution in [-0.4, -0.2) is 34.9 Å². The third kappa shape index (κ3) is 4.51. The average molecular weight is 513 g/mol. The molecule has 0 radical (unpaired) electrons. The van der Waals surface area contributed by atoms with E-state index in [0.717, 1.165) is 30.4 Å². The molecule has 1 N–H and O–H groups in total. The van der Waals surface area contributed by atoms with Crippen LogP contribution in [0.2, 0.25) is 0 Å². The third-order valence-corrected chi connectivity index (χ3v) is 9.15. The van der Waals surface area contributed by atoms with Crippen LogP contribution in [0, 0.1) is 23.2 Å². The molecule has 4 aliphatic carbocycles. The molecule has 4 saturated carbocycles. The molecule has 1 saturated heterocycles. The van der Waals surface area contributed by atoms with E-state index in [-0.39, 0.29) is 17.2 Å². The summed E-state index contributed by atoms with van der Waals surface area (Å²) in [4.78, 5) is 27.2. The molecule has 0 aromatic heterocycles. The second kappa shape index (κ2) is 9.62. The molecule has 8 heteroatoms. The summed E-state index contributed by atoms with van der Waals surface area (Å²) in [5.74, 6) is 2.90. The number of benzene rings is 1. The van der Waals surface area contributed by atoms with Crippen LogP contribution in [0.25, 0.3) is 6.08 Å². The van der Waals surface area contributed by atoms with E-state index in [4.69, 9.17) is 21.7 Å². The number of carbonyl (C=O) groups is 2. The minimum atomic E-state index is -0.344. The first kappa shape index (κ1) is 24.4. The number of methoxy groups -OCH3 is 1. The minimum absolute atomic E-state index is 0.0366. The van der Waals surface area contributed by atoms with Crippen molar-refractivity contribution in [2.24, 2.45) is 23.2 Å². The van der Waals surface area contributed by atoms with E-state index in [1.807, 2.05) is 19.1 Å². The highest BCUT2D eigenvalue weighted by molar-refractivity contribution is 8.26. The van der Waals surface area contributed by atoms with Crippen molar-refractivity contribution >= 4 is 46.2 Å². The number of hydrogen-bond donors (Lipinski definition) is 1. The van der Waals surface area contributed by atoms with Crippen LogP contribution in [0.1, 0.15) is 56.6 Å². The number of nitrogens with one attached hydrogen (secondary N) is 1. The Balaban J connectivity index is 1.36. The molecule has 186 valence electrons. The first-order valence-electron chi connectivity index (χ1n) is 12.4. The van der Waals surface area contributed by atoms with Crippen LogP contribution in [0.5, 0.6) is 11.5 Å². The zero-order chi connectivity index (χ0) is 24.7. The SMILES string of the molecule is C=CCc1cc(/C=C2/SC(=S)N(NC(=O)C34CC5CC(CC(C5)C3)C4)C2=O)cc(OCC)c1OC. The number of nitrogens with zero attached hydrogens (tertiary/aromatic N) is 1. The Morgan fingerprint density at radius 2 is 1.91 bits per heavy atom. The average Bonchev–Trinajstić information content (AvgIpc) is 3.06. The number of hydrazine groups is 1. The number of thioether (sulfide) groups is 1. The van der Waals surface area contributed by atoms with Gasteiger partial charge in [0.25, 0.3) is 5.91 Å². The lowest BCUT2D eigenvalue weighted by molar-refractivity contribution is -0.152. The predicted octanol–water partition coefficient (Wildman–Crippen LogP) is 5.27. The number of ether oxygens (including phenoxy) is 2. The number of amides is 2. The van der Waals surface area contributed by atoms with Gasteiger partial charge in [-0.05, 0) is 106 Å². The summed E-state index contributed by atoms with van der Waals surface area (Å²) < 4.78 is 11.7. The maximum Gasteiger partial charge on any atom is 0.285 e. The fraction of sp³-hybridized carbons (Fsp3) is 0.519. The van der Waals surface area contributed by atoms with E-state index in [0.29, 0.717) is 51.5 Å². The summed E-state index contributed by atoms with van der Waals surface area (Å²) >= 11 is 6.71. The van der Waals surface area contributed by atoms with Gasteiger partial charge in [-0.25, -0.2) is 0 Å². The molecule has 35 heavy (non-hydrogen) atoms. The van der Waals surface area contributed by atoms with E-state index in [1.54, 1.807) is 19.3 Å². The Morgan fingerprint density at radius 3 is 2.49 bits per heavy atom. The fourth-order valence-electron chi connectivity index (χ4n) is 6.89. The monoisotopic (exact) mass is 512 g/mol. The molecule has 1 aromatic rings. The third-order valence-electron chi connectivity index (χ3n) is 7.85. The maximum absolute atomic E-state index is 13.5. The molecule has 0 spiro atoms. The van der Waals surface area contributed by atoms with Crippen LogP contribution < -0.4 is 14.9 Å². The van der Waals surface area contributed by atoms with Gasteiger partial charge in [-0.2, -0.15) is 5.01 Å². The number of rotatable bonds is 8. The maximum atomic E-state index is 13.5. The molecule has 6 nitrogen and oxygen atoms in total. The predicted molar refractivity (Wildman–Crippen MR) is 142 cm³/mol. The highest BCUT2D eigenvalue weighted by atomic mass is 32.2. The molecule has 6 rings (SSSR count). The van der Waals surface area contributed by atoms with Crippen LogP contribution in [0.4, 0.5) is 0 Å². The molecule has 5 fully saturated rings. The molecule has 1 aliphatic heterocycles. The highest BCUT2D eigenvalue weighted by Gasteiger charge is 2.55. The number of carbonyl (C=O) groups excluding carboxylic acids is 2. The smallest absolute Gasteiger partial charge is 0.285 e. The molecule has 2 amide bonds. The van der Waals surface area contributed by atoms with Gasteiger partial charge in [-0.15, -0.1) is 6.58 Å². The summed E-state index contributed by atoms with van der Waals surface area (Å²) in [7, 11) is 1.61. The summed E-state index contributed by atoms with van der Waals surface area (Å²) in [6.07, 6.45) is 10.8. The Morgan fingerprint density at radius 1 is 1.26 bits per heavy atom. The lowest BCUT2D eigenvalue weighted by atomic mass is 9.49. The van der Waals surface area contributed by atoms with Gasteiger partial charge in [0.2, 0.25) is 5.91 Å². The quantitative estimate of drug-likeness (QED) is 0.291. The lowest BCUT2D eigenvalue weighted by Crippen LogP contribution is -2.57. The molecule has 5 aliphatic rings. The van der Waals surface area contributed by atoms with Crippen molar-refractivity contribution in [2.45, 2.75) is 51.9 Å². The van der Waals surface area contributed by atoms with Gasteiger partial charge in [0.1, 0.15) is 0 Å². The van der Waals surface area contributed by atoms with Gasteiger partial charge in [-0.3, -0.25) is 15.0 Å². The van der Waals surface area contributed by atoms with Gasteiger partial charge >= 0.3 is 0 Å². The van der Waals surface area contributed by atoms with Crippen molar-refractivity contribution in [3.63, 3.8) is 0 Å². The van der Waals surface area contributed by atoms with Crippen molar-refractivity contribution < 1.29 is 19.1 Å². The van der Waals surface area contributed by atoms with Crippen molar-refractivity contribution in [3.8, 4) is 11.5 Å². The van der Waals surface area contributed by atoms with E-state index >= 15 is 0 Å². The van der Waals surface area contributed by atoms with Gasteiger partial charge < -0.3 is 9.47 Å². The van der Waals surface area contributed by atoms with Crippen LogP contribution in [0.3, 0.4) is 0 Å². The summed E-state index contributed by atoms with van der Waals surface area (Å²) in [5, 5.41) is 1.27. The molecule has 0 unspecified atom stereocenters. The van der Waals surface area contributed by atoms with Crippen LogP contribution >= 0.6 is 24.0 Å². The standard InChI is InChI=1S/C27H32N2O4S2/c1-4-6-20-10-16(11-21(33-5-2)23(20)32-3)12-22-24(30)29(26(34)35-22)28-25(31)27-13-17-7-18(14-27)9-19(8-17)15-27/h4,10-12,17-19H,1,5-9,13-15H2,2-3H3,(H,28,31)/b22-12+. The van der Waals surface area contributed by atoms with Gasteiger partial charge in [-0.1, -0.05) is 17.8 Å². The molecule has 1 heterocycles. The molecular weight excluding hydrogens is 480 g/mol. The van der Waals surface area contributed by atoms with Gasteiger partial charge in [0.05, 0.1) is 24.0 Å². The van der Waals surface area contributed by atoms with Crippen LogP contribution in [0.15, 0.2) is 29.7 Å². The van der Waals surface area contributed by atoms with E-state index < -0.39 is 0 Å². The normalized spacial score (nSPS) is 30.2. The molecular formula is C27H32N2O4S2. The Labute approximate surface area is 216 Å². The second-order valence-corrected chi connectivity index (χ2v) is 12.0. The zero-order valence-corrected chi connectivity index (χ0v) is 21.9. The molecule has 4 bridgehead atoms. The van der Waals surface area contributed by atoms with Crippen molar-refractivity contribution in [1.29, 1.82) is 0 Å². The minimum Gasteiger partial charge on any atom is -0.493 e. The van der Waals surface area contributed by atoms with Gasteiger partial charge in [0, 0.05) is 5.56 Å². The first-order chi connectivity index (χ1) is 16.9. The van der Waals surface area contributed by atoms with Crippen LogP contribution in [-0.2, 0) is 16.0 Å². The zero-order valence-electron chi connectivity index (χ0n) is 20.3. The van der Waals surface area contributed by atoms with E-state index in [9.17, 15) is 9.59 Å². The molecule has 1 aromatic carbocycles. The number of allylic oxidation sites excluding steroid dienone is 1. The van der Waals surface area contributed by atoms with Gasteiger partial charge in [0.15, 0.2) is 15.8 Å². The lowest BCUT2D eigenvalue weighted by Gasteiger charge is -2.55. The topological polar surface area (TPSA) is 67.9 Å². The highest BCUT2D eigenvalue weighted by Crippen LogP contribution is 2.60. The first-order valence-corrected chi connectivity index (χ1v) is 13.6.